The van der Waals surface area contributed by atoms with Crippen molar-refractivity contribution >= 4 is 17.4 Å². The highest BCUT2D eigenvalue weighted by Gasteiger charge is 2.46. The summed E-state index contributed by atoms with van der Waals surface area (Å²) in [5, 5.41) is 21.3. The highest BCUT2D eigenvalue weighted by Crippen LogP contribution is 2.42. The molecule has 0 radical (unpaired) electrons. The average Bonchev–Trinajstić information content (AvgIpc) is 3.06. The van der Waals surface area contributed by atoms with Crippen molar-refractivity contribution < 1.29 is 29.3 Å². The van der Waals surface area contributed by atoms with Crippen molar-refractivity contribution in [1.29, 1.82) is 0 Å². The lowest BCUT2D eigenvalue weighted by atomic mass is 9.94. The maximum Gasteiger partial charge on any atom is 0.295 e. The number of ether oxygens (including phenoxy) is 2. The molecule has 1 saturated heterocycles. The second kappa shape index (κ2) is 10.9. The number of benzene rings is 2. The topological polar surface area (TPSA) is 96.3 Å². The lowest BCUT2D eigenvalue weighted by molar-refractivity contribution is -0.139. The molecule has 1 fully saturated rings. The Morgan fingerprint density at radius 1 is 1.00 bits per heavy atom. The van der Waals surface area contributed by atoms with Crippen LogP contribution in [0.4, 0.5) is 0 Å². The number of carbonyl (C=O) groups is 2. The van der Waals surface area contributed by atoms with Gasteiger partial charge in [-0.05, 0) is 50.1 Å². The van der Waals surface area contributed by atoms with Crippen molar-refractivity contribution in [3.8, 4) is 17.2 Å². The molecule has 1 unspecified atom stereocenters. The van der Waals surface area contributed by atoms with Gasteiger partial charge < -0.3 is 24.6 Å². The summed E-state index contributed by atoms with van der Waals surface area (Å²) in [6.45, 7) is 6.90. The van der Waals surface area contributed by atoms with Gasteiger partial charge in [0.2, 0.25) is 0 Å². The molecular weight excluding hydrogens is 422 g/mol. The first-order valence-corrected chi connectivity index (χ1v) is 11.4. The predicted octanol–water partition coefficient (Wildman–Crippen LogP) is 4.80. The fraction of sp³-hybridized carbons (Fsp3) is 0.385. The largest absolute Gasteiger partial charge is 0.507 e. The molecule has 2 aromatic rings. The SMILES string of the molecule is CCCCCN1C(=O)C(=O)/C(=C(\O)c2cccc(OCC)c2)C1c1ccc(O)c(OCC)c1. The molecule has 1 aliphatic rings. The Kier molecular flexibility index (Phi) is 7.98. The number of amides is 1. The van der Waals surface area contributed by atoms with E-state index >= 15 is 0 Å². The number of aliphatic hydroxyl groups excluding tert-OH is 1. The van der Waals surface area contributed by atoms with Crippen LogP contribution in [0.1, 0.15) is 57.2 Å². The zero-order valence-corrected chi connectivity index (χ0v) is 19.3. The molecule has 7 heteroatoms. The Hall–Kier alpha value is -3.48. The summed E-state index contributed by atoms with van der Waals surface area (Å²) in [6.07, 6.45) is 2.61. The molecule has 1 aliphatic heterocycles. The van der Waals surface area contributed by atoms with Gasteiger partial charge in [0.05, 0.1) is 24.8 Å². The first-order chi connectivity index (χ1) is 15.9. The van der Waals surface area contributed by atoms with E-state index in [1.54, 1.807) is 43.3 Å². The summed E-state index contributed by atoms with van der Waals surface area (Å²) in [6, 6.07) is 10.7. The molecule has 1 atom stereocenters. The number of aliphatic hydroxyl groups is 1. The number of unbranched alkanes of at least 4 members (excludes halogenated alkanes) is 2. The van der Waals surface area contributed by atoms with E-state index in [-0.39, 0.29) is 22.8 Å². The van der Waals surface area contributed by atoms with E-state index in [1.807, 2.05) is 6.92 Å². The molecule has 176 valence electrons. The van der Waals surface area contributed by atoms with Gasteiger partial charge in [0.15, 0.2) is 11.5 Å². The second-order valence-corrected chi connectivity index (χ2v) is 7.82. The van der Waals surface area contributed by atoms with E-state index in [2.05, 4.69) is 6.92 Å². The summed E-state index contributed by atoms with van der Waals surface area (Å²) in [5.41, 5.74) is 0.981. The van der Waals surface area contributed by atoms with Gasteiger partial charge in [0.1, 0.15) is 11.5 Å². The maximum atomic E-state index is 13.1. The highest BCUT2D eigenvalue weighted by atomic mass is 16.5. The van der Waals surface area contributed by atoms with Gasteiger partial charge in [-0.2, -0.15) is 0 Å². The quantitative estimate of drug-likeness (QED) is 0.232. The van der Waals surface area contributed by atoms with Gasteiger partial charge >= 0.3 is 0 Å². The van der Waals surface area contributed by atoms with Gasteiger partial charge in [-0.3, -0.25) is 9.59 Å². The first kappa shape index (κ1) is 24.2. The fourth-order valence-electron chi connectivity index (χ4n) is 4.02. The molecule has 0 aliphatic carbocycles. The van der Waals surface area contributed by atoms with Crippen LogP contribution in [0.2, 0.25) is 0 Å². The molecule has 0 aromatic heterocycles. The molecule has 0 bridgehead atoms. The normalized spacial score (nSPS) is 17.4. The van der Waals surface area contributed by atoms with Crippen molar-refractivity contribution in [2.75, 3.05) is 19.8 Å². The highest BCUT2D eigenvalue weighted by molar-refractivity contribution is 6.46. The summed E-state index contributed by atoms with van der Waals surface area (Å²) >= 11 is 0. The molecule has 2 N–H and O–H groups in total. The first-order valence-electron chi connectivity index (χ1n) is 11.4. The Morgan fingerprint density at radius 3 is 2.45 bits per heavy atom. The van der Waals surface area contributed by atoms with Crippen molar-refractivity contribution in [1.82, 2.24) is 4.90 Å². The van der Waals surface area contributed by atoms with Crippen LogP contribution in [-0.2, 0) is 9.59 Å². The number of ketones is 1. The number of phenols is 1. The number of rotatable bonds is 10. The number of Topliss-reactive ketones (excluding diaryl/α,β-unsaturated/α-hetero) is 1. The fourth-order valence-corrected chi connectivity index (χ4v) is 4.02. The standard InChI is InChI=1S/C26H31NO6/c1-4-7-8-14-27-23(17-12-13-20(28)21(16-17)33-6-3)22(25(30)26(27)31)24(29)18-10-9-11-19(15-18)32-5-2/h9-13,15-16,23,28-29H,4-8,14H2,1-3H3/b24-22-. The summed E-state index contributed by atoms with van der Waals surface area (Å²) in [4.78, 5) is 27.6. The minimum Gasteiger partial charge on any atom is -0.507 e. The molecule has 1 amide bonds. The second-order valence-electron chi connectivity index (χ2n) is 7.82. The van der Waals surface area contributed by atoms with E-state index in [0.29, 0.717) is 36.6 Å². The van der Waals surface area contributed by atoms with Crippen LogP contribution >= 0.6 is 0 Å². The summed E-state index contributed by atoms with van der Waals surface area (Å²) < 4.78 is 11.0. The van der Waals surface area contributed by atoms with Crippen LogP contribution in [0.3, 0.4) is 0 Å². The van der Waals surface area contributed by atoms with E-state index < -0.39 is 17.7 Å². The van der Waals surface area contributed by atoms with Gasteiger partial charge in [-0.25, -0.2) is 0 Å². The number of likely N-dealkylation sites (tertiary alicyclic amines) is 1. The van der Waals surface area contributed by atoms with E-state index in [9.17, 15) is 19.8 Å². The number of hydrogen-bond donors (Lipinski definition) is 2. The molecule has 0 spiro atoms. The molecule has 2 aromatic carbocycles. The monoisotopic (exact) mass is 453 g/mol. The van der Waals surface area contributed by atoms with E-state index in [0.717, 1.165) is 19.3 Å². The maximum absolute atomic E-state index is 13.1. The third-order valence-electron chi connectivity index (χ3n) is 5.56. The van der Waals surface area contributed by atoms with Crippen molar-refractivity contribution in [2.45, 2.75) is 46.1 Å². The minimum absolute atomic E-state index is 0.0123. The van der Waals surface area contributed by atoms with E-state index in [4.69, 9.17) is 9.47 Å². The van der Waals surface area contributed by atoms with Gasteiger partial charge in [0.25, 0.3) is 11.7 Å². The average molecular weight is 454 g/mol. The predicted molar refractivity (Wildman–Crippen MR) is 125 cm³/mol. The van der Waals surface area contributed by atoms with E-state index in [1.165, 1.54) is 11.0 Å². The Bertz CT molecular complexity index is 1040. The zero-order chi connectivity index (χ0) is 24.0. The zero-order valence-electron chi connectivity index (χ0n) is 19.3. The molecular formula is C26H31NO6. The van der Waals surface area contributed by atoms with Crippen LogP contribution in [0.25, 0.3) is 5.76 Å². The molecule has 1 heterocycles. The molecule has 33 heavy (non-hydrogen) atoms. The Labute approximate surface area is 194 Å². The van der Waals surface area contributed by atoms with Gasteiger partial charge in [-0.15, -0.1) is 0 Å². The van der Waals surface area contributed by atoms with Crippen LogP contribution in [0.15, 0.2) is 48.0 Å². The van der Waals surface area contributed by atoms with Crippen molar-refractivity contribution in [3.05, 3.63) is 59.2 Å². The number of carbonyl (C=O) groups excluding carboxylic acids is 2. The number of aromatic hydroxyl groups is 1. The van der Waals surface area contributed by atoms with Gasteiger partial charge in [0, 0.05) is 12.1 Å². The van der Waals surface area contributed by atoms with Gasteiger partial charge in [-0.1, -0.05) is 38.0 Å². The summed E-state index contributed by atoms with van der Waals surface area (Å²) in [7, 11) is 0. The van der Waals surface area contributed by atoms with Crippen LogP contribution in [0, 0.1) is 0 Å². The summed E-state index contributed by atoms with van der Waals surface area (Å²) in [5.74, 6) is -0.866. The van der Waals surface area contributed by atoms with Crippen molar-refractivity contribution in [2.24, 2.45) is 0 Å². The molecule has 3 rings (SSSR count). The Morgan fingerprint density at radius 2 is 1.76 bits per heavy atom. The molecule has 0 saturated carbocycles. The number of nitrogens with zero attached hydrogens (tertiary/aromatic N) is 1. The van der Waals surface area contributed by atoms with Crippen LogP contribution in [0.5, 0.6) is 17.2 Å². The van der Waals surface area contributed by atoms with Crippen molar-refractivity contribution in [3.63, 3.8) is 0 Å². The smallest absolute Gasteiger partial charge is 0.295 e. The van der Waals surface area contributed by atoms with Crippen LogP contribution in [-0.4, -0.2) is 46.6 Å². The number of phenolic OH excluding ortho intramolecular Hbond substituents is 1. The lowest BCUT2D eigenvalue weighted by Crippen LogP contribution is -2.30. The molecule has 7 nitrogen and oxygen atoms in total. The lowest BCUT2D eigenvalue weighted by Gasteiger charge is -2.26. The third-order valence-corrected chi connectivity index (χ3v) is 5.56. The minimum atomic E-state index is -0.794. The van der Waals surface area contributed by atoms with Crippen LogP contribution < -0.4 is 9.47 Å². The number of hydrogen-bond acceptors (Lipinski definition) is 6. The Balaban J connectivity index is 2.14. The third kappa shape index (κ3) is 5.13.